The highest BCUT2D eigenvalue weighted by Gasteiger charge is 2.25. The Kier molecular flexibility index (Phi) is 4.98. The second-order valence-corrected chi connectivity index (χ2v) is 6.12. The van der Waals surface area contributed by atoms with Crippen LogP contribution >= 0.6 is 15.9 Å². The van der Waals surface area contributed by atoms with Gasteiger partial charge >= 0.3 is 0 Å². The lowest BCUT2D eigenvalue weighted by Crippen LogP contribution is -2.17. The quantitative estimate of drug-likeness (QED) is 0.781. The van der Waals surface area contributed by atoms with Gasteiger partial charge in [-0.3, -0.25) is 0 Å². The molecule has 1 aliphatic rings. The van der Waals surface area contributed by atoms with Crippen LogP contribution in [0.25, 0.3) is 5.57 Å². The molecule has 0 aliphatic heterocycles. The molecule has 2 N–H and O–H groups in total. The highest BCUT2D eigenvalue weighted by molar-refractivity contribution is 9.09. The molecule has 0 heterocycles. The minimum absolute atomic E-state index is 0.358. The Bertz CT molecular complexity index is 814. The lowest BCUT2D eigenvalue weighted by Gasteiger charge is -2.23. The normalized spacial score (nSPS) is 16.8. The summed E-state index contributed by atoms with van der Waals surface area (Å²) < 4.78 is 0. The van der Waals surface area contributed by atoms with Gasteiger partial charge in [0.2, 0.25) is 0 Å². The summed E-state index contributed by atoms with van der Waals surface area (Å²) in [5.74, 6) is -0.358. The lowest BCUT2D eigenvalue weighted by atomic mass is 9.81. The molecule has 0 amide bonds. The number of alkyl halides is 1. The van der Waals surface area contributed by atoms with Crippen LogP contribution in [0.3, 0.4) is 0 Å². The third-order valence-corrected chi connectivity index (χ3v) is 4.72. The van der Waals surface area contributed by atoms with E-state index in [9.17, 15) is 5.26 Å². The maximum Gasteiger partial charge on any atom is 0.0922 e. The van der Waals surface area contributed by atoms with Gasteiger partial charge in [-0.25, -0.2) is 0 Å². The van der Waals surface area contributed by atoms with Crippen molar-refractivity contribution in [2.45, 2.75) is 0 Å². The average Bonchev–Trinajstić information content (AvgIpc) is 2.65. The van der Waals surface area contributed by atoms with Gasteiger partial charge in [-0.2, -0.15) is 5.26 Å². The zero-order valence-electron chi connectivity index (χ0n) is 13.1. The fourth-order valence-corrected chi connectivity index (χ4v) is 3.43. The Morgan fingerprint density at radius 3 is 2.00 bits per heavy atom. The number of allylic oxidation sites excluding steroid dienone is 4. The van der Waals surface area contributed by atoms with Gasteiger partial charge in [-0.1, -0.05) is 88.7 Å². The number of rotatable bonds is 3. The summed E-state index contributed by atoms with van der Waals surface area (Å²) in [4.78, 5) is 0. The smallest absolute Gasteiger partial charge is 0.0922 e. The van der Waals surface area contributed by atoms with Crippen molar-refractivity contribution in [3.8, 4) is 6.07 Å². The van der Waals surface area contributed by atoms with E-state index in [0.29, 0.717) is 11.0 Å². The Morgan fingerprint density at radius 1 is 1.00 bits per heavy atom. The zero-order valence-corrected chi connectivity index (χ0v) is 14.7. The molecule has 2 aromatic rings. The van der Waals surface area contributed by atoms with Crippen LogP contribution in [0.1, 0.15) is 11.1 Å². The number of halogens is 1. The van der Waals surface area contributed by atoms with Gasteiger partial charge < -0.3 is 5.73 Å². The number of benzene rings is 2. The summed E-state index contributed by atoms with van der Waals surface area (Å²) in [6.45, 7) is 0. The molecule has 2 aromatic carbocycles. The molecule has 24 heavy (non-hydrogen) atoms. The van der Waals surface area contributed by atoms with Gasteiger partial charge in [-0.15, -0.1) is 0 Å². The fraction of sp³-hybridized carbons (Fsp3) is 0.0952. The molecule has 3 heteroatoms. The molecule has 0 aromatic heterocycles. The fourth-order valence-electron chi connectivity index (χ4n) is 2.94. The molecule has 0 bridgehead atoms. The first-order valence-corrected chi connectivity index (χ1v) is 8.86. The molecular weight excluding hydrogens is 360 g/mol. The summed E-state index contributed by atoms with van der Waals surface area (Å²) in [6, 6.07) is 22.6. The average molecular weight is 377 g/mol. The van der Waals surface area contributed by atoms with Crippen LogP contribution in [-0.2, 0) is 0 Å². The van der Waals surface area contributed by atoms with Gasteiger partial charge in [0.1, 0.15) is 0 Å². The molecule has 1 aliphatic carbocycles. The van der Waals surface area contributed by atoms with Gasteiger partial charge in [0, 0.05) is 16.6 Å². The molecular formula is C21H17BrN2. The summed E-state index contributed by atoms with van der Waals surface area (Å²) in [7, 11) is 0. The largest absolute Gasteiger partial charge is 0.398 e. The second-order valence-electron chi connectivity index (χ2n) is 5.56. The van der Waals surface area contributed by atoms with E-state index >= 15 is 0 Å². The Balaban J connectivity index is 2.35. The third kappa shape index (κ3) is 3.06. The number of hydrogen-bond acceptors (Lipinski definition) is 2. The van der Waals surface area contributed by atoms with E-state index in [1.807, 2.05) is 48.6 Å². The lowest BCUT2D eigenvalue weighted by molar-refractivity contribution is 0.954. The molecule has 1 unspecified atom stereocenters. The first kappa shape index (κ1) is 16.3. The molecule has 118 valence electrons. The van der Waals surface area contributed by atoms with Crippen LogP contribution in [0.4, 0.5) is 0 Å². The SMILES string of the molecule is N#CC1C=CC(CBr)=C(N)C1=C(c1ccccc1)c1ccccc1. The van der Waals surface area contributed by atoms with E-state index < -0.39 is 0 Å². The molecule has 2 nitrogen and oxygen atoms in total. The minimum atomic E-state index is -0.358. The molecule has 3 rings (SSSR count). The number of nitrogens with zero attached hydrogens (tertiary/aromatic N) is 1. The minimum Gasteiger partial charge on any atom is -0.398 e. The van der Waals surface area contributed by atoms with Crippen LogP contribution in [0, 0.1) is 17.2 Å². The highest BCUT2D eigenvalue weighted by atomic mass is 79.9. The molecule has 0 spiro atoms. The topological polar surface area (TPSA) is 49.8 Å². The number of hydrogen-bond donors (Lipinski definition) is 1. The first-order valence-electron chi connectivity index (χ1n) is 7.74. The van der Waals surface area contributed by atoms with Crippen LogP contribution < -0.4 is 5.73 Å². The van der Waals surface area contributed by atoms with E-state index in [0.717, 1.165) is 27.8 Å². The number of nitrogens with two attached hydrogens (primary N) is 1. The van der Waals surface area contributed by atoms with Crippen LogP contribution in [0.5, 0.6) is 0 Å². The summed E-state index contributed by atoms with van der Waals surface area (Å²) >= 11 is 3.49. The predicted molar refractivity (Wildman–Crippen MR) is 102 cm³/mol. The van der Waals surface area contributed by atoms with Crippen molar-refractivity contribution in [2.24, 2.45) is 11.7 Å². The van der Waals surface area contributed by atoms with E-state index in [4.69, 9.17) is 5.73 Å². The Labute approximate surface area is 150 Å². The monoisotopic (exact) mass is 376 g/mol. The van der Waals surface area contributed by atoms with E-state index in [-0.39, 0.29) is 5.92 Å². The second kappa shape index (κ2) is 7.33. The molecule has 0 saturated heterocycles. The van der Waals surface area contributed by atoms with E-state index in [2.05, 4.69) is 46.3 Å². The Hall–Kier alpha value is -2.57. The molecule has 0 fully saturated rings. The van der Waals surface area contributed by atoms with Crippen molar-refractivity contribution >= 4 is 21.5 Å². The number of nitriles is 1. The van der Waals surface area contributed by atoms with Crippen molar-refractivity contribution in [3.05, 3.63) is 101 Å². The summed E-state index contributed by atoms with van der Waals surface area (Å²) in [5, 5.41) is 10.3. The Morgan fingerprint density at radius 2 is 1.54 bits per heavy atom. The van der Waals surface area contributed by atoms with Gasteiger partial charge in [-0.05, 0) is 22.3 Å². The standard InChI is InChI=1S/C21H17BrN2/c22-13-17-11-12-18(14-23)20(21(17)24)19(15-7-3-1-4-8-15)16-9-5-2-6-10-16/h1-12,18H,13,24H2. The van der Waals surface area contributed by atoms with Crippen LogP contribution in [0.2, 0.25) is 0 Å². The predicted octanol–water partition coefficient (Wildman–Crippen LogP) is 4.81. The third-order valence-electron chi connectivity index (χ3n) is 4.11. The molecule has 0 radical (unpaired) electrons. The molecule has 0 saturated carbocycles. The molecule has 1 atom stereocenters. The van der Waals surface area contributed by atoms with Gasteiger partial charge in [0.25, 0.3) is 0 Å². The van der Waals surface area contributed by atoms with Crippen molar-refractivity contribution in [3.63, 3.8) is 0 Å². The highest BCUT2D eigenvalue weighted by Crippen LogP contribution is 2.37. The van der Waals surface area contributed by atoms with Crippen molar-refractivity contribution in [1.29, 1.82) is 5.26 Å². The maximum absolute atomic E-state index is 9.66. The van der Waals surface area contributed by atoms with Crippen LogP contribution in [-0.4, -0.2) is 5.33 Å². The van der Waals surface area contributed by atoms with Crippen LogP contribution in [0.15, 0.2) is 89.7 Å². The first-order chi connectivity index (χ1) is 11.8. The van der Waals surface area contributed by atoms with Gasteiger partial charge in [0.05, 0.1) is 12.0 Å². The van der Waals surface area contributed by atoms with Crippen molar-refractivity contribution in [1.82, 2.24) is 0 Å². The van der Waals surface area contributed by atoms with Gasteiger partial charge in [0.15, 0.2) is 0 Å². The summed E-state index contributed by atoms with van der Waals surface area (Å²) in [6.07, 6.45) is 3.86. The zero-order chi connectivity index (χ0) is 16.9. The van der Waals surface area contributed by atoms with E-state index in [1.165, 1.54) is 0 Å². The summed E-state index contributed by atoms with van der Waals surface area (Å²) in [5.41, 5.74) is 12.2. The van der Waals surface area contributed by atoms with Crippen molar-refractivity contribution < 1.29 is 0 Å². The van der Waals surface area contributed by atoms with E-state index in [1.54, 1.807) is 0 Å². The van der Waals surface area contributed by atoms with Crippen molar-refractivity contribution in [2.75, 3.05) is 5.33 Å². The maximum atomic E-state index is 9.66.